The standard InChI is InChI=1S/C13H27NO2.C11H14O.H2/c1-4-12(2,3)10-16-9-5-6-13(7-8-13)14-11-15;1-9-3-2-4-11(7-9)12-8-10-5-6-10;/h14-15H,4-11H2,1-3H3;2-4,7,10H,5-6,8H2,1H3;1H. The number of benzene rings is 1. The Morgan fingerprint density at radius 3 is 2.61 bits per heavy atom. The SMILES string of the molecule is CCC(C)(C)COCCCC1(NCO)CC1.Cc1cccc(OCC2CC2)c1.[HH]. The van der Waals surface area contributed by atoms with Gasteiger partial charge in [0.05, 0.1) is 19.9 Å². The number of hydrogen-bond donors (Lipinski definition) is 2. The van der Waals surface area contributed by atoms with Crippen molar-refractivity contribution < 1.29 is 16.0 Å². The van der Waals surface area contributed by atoms with Crippen molar-refractivity contribution in [3.63, 3.8) is 0 Å². The second-order valence-corrected chi connectivity index (χ2v) is 9.36. The molecule has 0 aromatic heterocycles. The summed E-state index contributed by atoms with van der Waals surface area (Å²) in [5.74, 6) is 1.85. The third-order valence-electron chi connectivity index (χ3n) is 5.87. The number of aliphatic hydroxyl groups excluding tert-OH is 1. The molecule has 0 unspecified atom stereocenters. The molecule has 2 aliphatic carbocycles. The summed E-state index contributed by atoms with van der Waals surface area (Å²) in [6.45, 7) is 11.5. The first-order valence-corrected chi connectivity index (χ1v) is 11.0. The molecule has 28 heavy (non-hydrogen) atoms. The van der Waals surface area contributed by atoms with Crippen LogP contribution in [-0.4, -0.2) is 37.2 Å². The van der Waals surface area contributed by atoms with Crippen molar-refractivity contribution in [2.75, 3.05) is 26.6 Å². The lowest BCUT2D eigenvalue weighted by Crippen LogP contribution is -2.32. The maximum absolute atomic E-state index is 8.84. The van der Waals surface area contributed by atoms with E-state index in [2.05, 4.69) is 45.1 Å². The lowest BCUT2D eigenvalue weighted by atomic mass is 9.92. The van der Waals surface area contributed by atoms with Crippen molar-refractivity contribution in [2.45, 2.75) is 78.2 Å². The van der Waals surface area contributed by atoms with Crippen molar-refractivity contribution in [2.24, 2.45) is 11.3 Å². The zero-order chi connectivity index (χ0) is 20.5. The summed E-state index contributed by atoms with van der Waals surface area (Å²) in [4.78, 5) is 0. The molecule has 0 radical (unpaired) electrons. The van der Waals surface area contributed by atoms with Crippen LogP contribution in [-0.2, 0) is 4.74 Å². The Kier molecular flexibility index (Phi) is 9.26. The van der Waals surface area contributed by atoms with Crippen molar-refractivity contribution in [3.05, 3.63) is 29.8 Å². The van der Waals surface area contributed by atoms with E-state index in [1.54, 1.807) is 0 Å². The first-order chi connectivity index (χ1) is 13.4. The summed E-state index contributed by atoms with van der Waals surface area (Å²) in [5.41, 5.74) is 1.82. The first-order valence-electron chi connectivity index (χ1n) is 11.0. The van der Waals surface area contributed by atoms with Crippen LogP contribution in [0.1, 0.15) is 72.7 Å². The molecule has 3 rings (SSSR count). The summed E-state index contributed by atoms with van der Waals surface area (Å²) >= 11 is 0. The highest BCUT2D eigenvalue weighted by atomic mass is 16.5. The Labute approximate surface area is 173 Å². The highest BCUT2D eigenvalue weighted by Gasteiger charge is 2.40. The molecule has 0 aliphatic heterocycles. The van der Waals surface area contributed by atoms with Gasteiger partial charge in [0.25, 0.3) is 0 Å². The number of ether oxygens (including phenoxy) is 2. The Hall–Kier alpha value is -1.10. The maximum atomic E-state index is 8.84. The molecule has 0 heterocycles. The molecular weight excluding hydrogens is 350 g/mol. The van der Waals surface area contributed by atoms with Crippen LogP contribution in [0.2, 0.25) is 0 Å². The topological polar surface area (TPSA) is 50.7 Å². The quantitative estimate of drug-likeness (QED) is 0.373. The zero-order valence-corrected chi connectivity index (χ0v) is 18.4. The highest BCUT2D eigenvalue weighted by molar-refractivity contribution is 5.27. The average molecular weight is 394 g/mol. The second kappa shape index (κ2) is 11.2. The minimum absolute atomic E-state index is 0. The highest BCUT2D eigenvalue weighted by Crippen LogP contribution is 2.39. The summed E-state index contributed by atoms with van der Waals surface area (Å²) in [6, 6.07) is 8.24. The van der Waals surface area contributed by atoms with E-state index < -0.39 is 0 Å². The number of aliphatic hydroxyl groups is 1. The van der Waals surface area contributed by atoms with Gasteiger partial charge in [0.2, 0.25) is 0 Å². The monoisotopic (exact) mass is 393 g/mol. The molecule has 1 aromatic rings. The van der Waals surface area contributed by atoms with Crippen molar-refractivity contribution >= 4 is 0 Å². The van der Waals surface area contributed by atoms with Gasteiger partial charge < -0.3 is 14.6 Å². The predicted molar refractivity (Wildman–Crippen MR) is 118 cm³/mol. The average Bonchev–Trinajstić information content (AvgIpc) is 3.58. The minimum Gasteiger partial charge on any atom is -0.493 e. The summed E-state index contributed by atoms with van der Waals surface area (Å²) in [7, 11) is 0. The van der Waals surface area contributed by atoms with Gasteiger partial charge in [-0.1, -0.05) is 32.9 Å². The van der Waals surface area contributed by atoms with Gasteiger partial charge in [-0.15, -0.1) is 0 Å². The van der Waals surface area contributed by atoms with E-state index in [1.165, 1.54) is 31.2 Å². The number of rotatable bonds is 12. The van der Waals surface area contributed by atoms with Crippen LogP contribution in [0, 0.1) is 18.3 Å². The lowest BCUT2D eigenvalue weighted by molar-refractivity contribution is 0.0562. The van der Waals surface area contributed by atoms with Gasteiger partial charge >= 0.3 is 0 Å². The van der Waals surface area contributed by atoms with Crippen LogP contribution in [0.25, 0.3) is 0 Å². The Bertz CT molecular complexity index is 571. The smallest absolute Gasteiger partial charge is 0.119 e. The van der Waals surface area contributed by atoms with E-state index in [1.807, 2.05) is 12.1 Å². The van der Waals surface area contributed by atoms with Crippen LogP contribution in [0.4, 0.5) is 0 Å². The molecule has 0 atom stereocenters. The van der Waals surface area contributed by atoms with Crippen molar-refractivity contribution in [3.8, 4) is 5.75 Å². The summed E-state index contributed by atoms with van der Waals surface area (Å²) < 4.78 is 11.3. The van der Waals surface area contributed by atoms with Crippen LogP contribution in [0.3, 0.4) is 0 Å². The molecule has 2 fully saturated rings. The van der Waals surface area contributed by atoms with Crippen LogP contribution >= 0.6 is 0 Å². The van der Waals surface area contributed by atoms with Crippen molar-refractivity contribution in [1.82, 2.24) is 5.32 Å². The van der Waals surface area contributed by atoms with E-state index in [9.17, 15) is 0 Å². The van der Waals surface area contributed by atoms with Crippen molar-refractivity contribution in [1.29, 1.82) is 0 Å². The third-order valence-corrected chi connectivity index (χ3v) is 5.87. The first kappa shape index (κ1) is 23.2. The molecule has 2 saturated carbocycles. The van der Waals surface area contributed by atoms with Gasteiger partial charge in [0.15, 0.2) is 0 Å². The number of hydrogen-bond acceptors (Lipinski definition) is 4. The van der Waals surface area contributed by atoms with Gasteiger partial charge in [-0.25, -0.2) is 0 Å². The molecule has 2 N–H and O–H groups in total. The van der Waals surface area contributed by atoms with E-state index in [4.69, 9.17) is 14.6 Å². The zero-order valence-electron chi connectivity index (χ0n) is 18.4. The molecule has 4 nitrogen and oxygen atoms in total. The molecule has 0 spiro atoms. The molecular formula is C24H43NO3. The predicted octanol–water partition coefficient (Wildman–Crippen LogP) is 5.32. The molecule has 0 bridgehead atoms. The largest absolute Gasteiger partial charge is 0.493 e. The van der Waals surface area contributed by atoms with Crippen LogP contribution < -0.4 is 10.1 Å². The fourth-order valence-corrected chi connectivity index (χ4v) is 3.00. The number of nitrogens with one attached hydrogen (secondary N) is 1. The van der Waals surface area contributed by atoms with E-state index >= 15 is 0 Å². The van der Waals surface area contributed by atoms with E-state index in [0.29, 0.717) is 5.41 Å². The van der Waals surface area contributed by atoms with Gasteiger partial charge in [-0.05, 0) is 80.9 Å². The Morgan fingerprint density at radius 2 is 2.04 bits per heavy atom. The molecule has 2 aliphatic rings. The Balaban J connectivity index is 0.000000289. The minimum atomic E-state index is 0. The van der Waals surface area contributed by atoms with Gasteiger partial charge in [0.1, 0.15) is 5.75 Å². The number of aryl methyl sites for hydroxylation is 1. The normalized spacial score (nSPS) is 17.6. The maximum Gasteiger partial charge on any atom is 0.119 e. The summed E-state index contributed by atoms with van der Waals surface area (Å²) in [5, 5.41) is 12.0. The molecule has 1 aromatic carbocycles. The van der Waals surface area contributed by atoms with Crippen LogP contribution in [0.15, 0.2) is 24.3 Å². The third kappa shape index (κ3) is 9.40. The lowest BCUT2D eigenvalue weighted by Gasteiger charge is -2.22. The fraction of sp³-hybridized carbons (Fsp3) is 0.750. The molecule has 0 amide bonds. The van der Waals surface area contributed by atoms with E-state index in [0.717, 1.165) is 50.8 Å². The summed E-state index contributed by atoms with van der Waals surface area (Å²) in [6.07, 6.45) is 8.48. The molecule has 162 valence electrons. The molecule has 4 heteroatoms. The van der Waals surface area contributed by atoms with Gasteiger partial charge in [-0.3, -0.25) is 5.32 Å². The second-order valence-electron chi connectivity index (χ2n) is 9.36. The van der Waals surface area contributed by atoms with Gasteiger partial charge in [-0.2, -0.15) is 0 Å². The fourth-order valence-electron chi connectivity index (χ4n) is 3.00. The van der Waals surface area contributed by atoms with Gasteiger partial charge in [0, 0.05) is 13.6 Å². The van der Waals surface area contributed by atoms with Crippen LogP contribution in [0.5, 0.6) is 5.75 Å². The molecule has 0 saturated heterocycles. The Morgan fingerprint density at radius 1 is 1.29 bits per heavy atom. The van der Waals surface area contributed by atoms with E-state index in [-0.39, 0.29) is 13.7 Å².